The Kier molecular flexibility index (Phi) is 1.87. The van der Waals surface area contributed by atoms with E-state index in [4.69, 9.17) is 11.5 Å². The van der Waals surface area contributed by atoms with Crippen molar-refractivity contribution in [3.63, 3.8) is 0 Å². The van der Waals surface area contributed by atoms with Crippen molar-refractivity contribution >= 4 is 0 Å². The van der Waals surface area contributed by atoms with Crippen molar-refractivity contribution in [1.29, 1.82) is 0 Å². The van der Waals surface area contributed by atoms with Crippen molar-refractivity contribution in [2.75, 3.05) is 0 Å². The van der Waals surface area contributed by atoms with E-state index in [2.05, 4.69) is 18.2 Å². The number of rotatable bonds is 1. The molecule has 12 heavy (non-hydrogen) atoms. The highest BCUT2D eigenvalue weighted by Gasteiger charge is 2.17. The molecule has 1 atom stereocenters. The number of hydrogen-bond acceptors (Lipinski definition) is 2. The molecule has 1 aromatic rings. The molecule has 0 heterocycles. The molecule has 1 aliphatic carbocycles. The van der Waals surface area contributed by atoms with Crippen molar-refractivity contribution in [2.45, 2.75) is 25.4 Å². The van der Waals surface area contributed by atoms with Gasteiger partial charge in [0.1, 0.15) is 0 Å². The Morgan fingerprint density at radius 2 is 2.00 bits per heavy atom. The van der Waals surface area contributed by atoms with Gasteiger partial charge in [0.25, 0.3) is 0 Å². The molecule has 0 bridgehead atoms. The van der Waals surface area contributed by atoms with Gasteiger partial charge in [-0.15, -0.1) is 0 Å². The molecule has 0 aliphatic heterocycles. The molecule has 0 saturated heterocycles. The van der Waals surface area contributed by atoms with E-state index in [0.29, 0.717) is 12.6 Å². The molecule has 1 aromatic carbocycles. The summed E-state index contributed by atoms with van der Waals surface area (Å²) in [6, 6.07) is 6.76. The zero-order valence-corrected chi connectivity index (χ0v) is 7.09. The smallest absolute Gasteiger partial charge is 0.0178 e. The zero-order valence-electron chi connectivity index (χ0n) is 7.09. The molecule has 0 spiro atoms. The van der Waals surface area contributed by atoms with Crippen molar-refractivity contribution in [3.8, 4) is 0 Å². The fourth-order valence-corrected chi connectivity index (χ4v) is 1.83. The van der Waals surface area contributed by atoms with Crippen LogP contribution in [0.4, 0.5) is 0 Å². The fourth-order valence-electron chi connectivity index (χ4n) is 1.83. The minimum Gasteiger partial charge on any atom is -0.327 e. The average molecular weight is 162 g/mol. The number of fused-ring (bicyclic) bond motifs is 1. The predicted octanol–water partition coefficient (Wildman–Crippen LogP) is 0.571. The molecular formula is C10H14N2. The van der Waals surface area contributed by atoms with Crippen LogP contribution in [-0.2, 0) is 19.4 Å². The highest BCUT2D eigenvalue weighted by molar-refractivity contribution is 5.36. The SMILES string of the molecule is NCc1ccc2c(c1)CC(N)C2. The molecule has 2 heteroatoms. The van der Waals surface area contributed by atoms with Crippen LogP contribution in [0.15, 0.2) is 18.2 Å². The van der Waals surface area contributed by atoms with Gasteiger partial charge in [-0.2, -0.15) is 0 Å². The van der Waals surface area contributed by atoms with Gasteiger partial charge in [0, 0.05) is 12.6 Å². The molecule has 0 amide bonds. The summed E-state index contributed by atoms with van der Waals surface area (Å²) in [4.78, 5) is 0. The van der Waals surface area contributed by atoms with Crippen LogP contribution < -0.4 is 11.5 Å². The van der Waals surface area contributed by atoms with Gasteiger partial charge in [-0.05, 0) is 29.5 Å². The molecule has 0 radical (unpaired) electrons. The summed E-state index contributed by atoms with van der Waals surface area (Å²) in [6.07, 6.45) is 2.04. The van der Waals surface area contributed by atoms with E-state index in [1.54, 1.807) is 0 Å². The standard InChI is InChI=1S/C10H14N2/c11-6-7-1-2-8-4-10(12)5-9(8)3-7/h1-3,10H,4-6,11-12H2. The van der Waals surface area contributed by atoms with Crippen molar-refractivity contribution in [2.24, 2.45) is 11.5 Å². The fraction of sp³-hybridized carbons (Fsp3) is 0.400. The van der Waals surface area contributed by atoms with E-state index in [9.17, 15) is 0 Å². The van der Waals surface area contributed by atoms with Crippen molar-refractivity contribution in [1.82, 2.24) is 0 Å². The summed E-state index contributed by atoms with van der Waals surface area (Å²) < 4.78 is 0. The molecule has 1 aliphatic rings. The largest absolute Gasteiger partial charge is 0.327 e. The minimum atomic E-state index is 0.327. The summed E-state index contributed by atoms with van der Waals surface area (Å²) in [5.41, 5.74) is 15.4. The first-order valence-corrected chi connectivity index (χ1v) is 4.36. The summed E-state index contributed by atoms with van der Waals surface area (Å²) in [7, 11) is 0. The van der Waals surface area contributed by atoms with Gasteiger partial charge in [-0.3, -0.25) is 0 Å². The van der Waals surface area contributed by atoms with Crippen LogP contribution in [0, 0.1) is 0 Å². The number of benzene rings is 1. The molecule has 0 aromatic heterocycles. The lowest BCUT2D eigenvalue weighted by molar-refractivity contribution is 0.721. The van der Waals surface area contributed by atoms with Crippen LogP contribution in [0.2, 0.25) is 0 Å². The van der Waals surface area contributed by atoms with Gasteiger partial charge in [0.05, 0.1) is 0 Å². The van der Waals surface area contributed by atoms with E-state index in [1.807, 2.05) is 0 Å². The topological polar surface area (TPSA) is 52.0 Å². The molecule has 2 nitrogen and oxygen atoms in total. The Balaban J connectivity index is 2.35. The maximum atomic E-state index is 5.85. The van der Waals surface area contributed by atoms with Crippen LogP contribution in [-0.4, -0.2) is 6.04 Å². The van der Waals surface area contributed by atoms with E-state index >= 15 is 0 Å². The first-order chi connectivity index (χ1) is 5.79. The van der Waals surface area contributed by atoms with Gasteiger partial charge in [-0.1, -0.05) is 18.2 Å². The summed E-state index contributed by atoms with van der Waals surface area (Å²) >= 11 is 0. The first-order valence-electron chi connectivity index (χ1n) is 4.36. The van der Waals surface area contributed by atoms with E-state index in [1.165, 1.54) is 16.7 Å². The van der Waals surface area contributed by atoms with Crippen molar-refractivity contribution < 1.29 is 0 Å². The van der Waals surface area contributed by atoms with Crippen molar-refractivity contribution in [3.05, 3.63) is 34.9 Å². The third kappa shape index (κ3) is 1.24. The third-order valence-corrected chi connectivity index (χ3v) is 2.47. The zero-order chi connectivity index (χ0) is 8.55. The van der Waals surface area contributed by atoms with Gasteiger partial charge in [-0.25, -0.2) is 0 Å². The van der Waals surface area contributed by atoms with Crippen LogP contribution >= 0.6 is 0 Å². The Hall–Kier alpha value is -0.860. The highest BCUT2D eigenvalue weighted by atomic mass is 14.6. The summed E-state index contributed by atoms with van der Waals surface area (Å²) in [6.45, 7) is 0.627. The normalized spacial score (nSPS) is 21.0. The van der Waals surface area contributed by atoms with Gasteiger partial charge >= 0.3 is 0 Å². The predicted molar refractivity (Wildman–Crippen MR) is 49.7 cm³/mol. The Bertz CT molecular complexity index is 294. The maximum absolute atomic E-state index is 5.85. The first kappa shape index (κ1) is 7.77. The minimum absolute atomic E-state index is 0.327. The van der Waals surface area contributed by atoms with Crippen LogP contribution in [0.3, 0.4) is 0 Å². The molecule has 2 rings (SSSR count). The van der Waals surface area contributed by atoms with Gasteiger partial charge in [0.15, 0.2) is 0 Å². The maximum Gasteiger partial charge on any atom is 0.0178 e. The molecule has 0 fully saturated rings. The Morgan fingerprint density at radius 1 is 1.25 bits per heavy atom. The quantitative estimate of drug-likeness (QED) is 0.634. The molecule has 64 valence electrons. The third-order valence-electron chi connectivity index (χ3n) is 2.47. The van der Waals surface area contributed by atoms with E-state index in [0.717, 1.165) is 12.8 Å². The second-order valence-electron chi connectivity index (χ2n) is 3.48. The average Bonchev–Trinajstić information content (AvgIpc) is 2.43. The Morgan fingerprint density at radius 3 is 2.75 bits per heavy atom. The highest BCUT2D eigenvalue weighted by Crippen LogP contribution is 2.21. The van der Waals surface area contributed by atoms with E-state index < -0.39 is 0 Å². The molecule has 1 unspecified atom stereocenters. The van der Waals surface area contributed by atoms with E-state index in [-0.39, 0.29) is 0 Å². The van der Waals surface area contributed by atoms with Crippen LogP contribution in [0.1, 0.15) is 16.7 Å². The second kappa shape index (κ2) is 2.88. The number of nitrogens with two attached hydrogens (primary N) is 2. The summed E-state index contributed by atoms with van der Waals surface area (Å²) in [5, 5.41) is 0. The van der Waals surface area contributed by atoms with Gasteiger partial charge in [0.2, 0.25) is 0 Å². The molecule has 4 N–H and O–H groups in total. The van der Waals surface area contributed by atoms with Crippen LogP contribution in [0.25, 0.3) is 0 Å². The molecule has 0 saturated carbocycles. The van der Waals surface area contributed by atoms with Gasteiger partial charge < -0.3 is 11.5 Å². The Labute approximate surface area is 72.6 Å². The monoisotopic (exact) mass is 162 g/mol. The summed E-state index contributed by atoms with van der Waals surface area (Å²) in [5.74, 6) is 0. The number of hydrogen-bond donors (Lipinski definition) is 2. The lowest BCUT2D eigenvalue weighted by Crippen LogP contribution is -2.18. The second-order valence-corrected chi connectivity index (χ2v) is 3.48. The van der Waals surface area contributed by atoms with Crippen LogP contribution in [0.5, 0.6) is 0 Å². The lowest BCUT2D eigenvalue weighted by atomic mass is 10.1. The molecular weight excluding hydrogens is 148 g/mol. The lowest BCUT2D eigenvalue weighted by Gasteiger charge is -2.00.